The van der Waals surface area contributed by atoms with Gasteiger partial charge >= 0.3 is 5.97 Å². The van der Waals surface area contributed by atoms with E-state index >= 15 is 0 Å². The van der Waals surface area contributed by atoms with Gasteiger partial charge in [-0.1, -0.05) is 23.9 Å². The third kappa shape index (κ3) is 4.78. The highest BCUT2D eigenvalue weighted by atomic mass is 32.2. The lowest BCUT2D eigenvalue weighted by Crippen LogP contribution is -2.37. The van der Waals surface area contributed by atoms with Gasteiger partial charge in [0.1, 0.15) is 6.04 Å². The summed E-state index contributed by atoms with van der Waals surface area (Å²) < 4.78 is 5.34. The number of amides is 1. The van der Waals surface area contributed by atoms with Crippen molar-refractivity contribution in [3.63, 3.8) is 0 Å². The quantitative estimate of drug-likeness (QED) is 0.589. The van der Waals surface area contributed by atoms with Crippen LogP contribution in [0.5, 0.6) is 0 Å². The Morgan fingerprint density at radius 2 is 2.12 bits per heavy atom. The molecule has 4 rings (SSSR count). The smallest absolute Gasteiger partial charge is 0.338 e. The van der Waals surface area contributed by atoms with Crippen LogP contribution in [0.3, 0.4) is 0 Å². The van der Waals surface area contributed by atoms with Crippen LogP contribution in [0.4, 0.5) is 0 Å². The molecule has 2 aliphatic heterocycles. The number of rotatable bonds is 8. The highest BCUT2D eigenvalue weighted by Gasteiger charge is 2.41. The normalized spacial score (nSPS) is 17.6. The summed E-state index contributed by atoms with van der Waals surface area (Å²) >= 11 is 3.04. The maximum absolute atomic E-state index is 12.8. The number of carbonyl (C=O) groups is 2. The molecule has 166 valence electrons. The number of fused-ring (bicyclic) bond motifs is 1. The fraction of sp³-hybridized carbons (Fsp3) is 0.304. The van der Waals surface area contributed by atoms with Gasteiger partial charge in [0.05, 0.1) is 24.3 Å². The molecule has 4 heterocycles. The Kier molecular flexibility index (Phi) is 7.06. The number of thioether (sulfide) groups is 1. The number of esters is 1. The van der Waals surface area contributed by atoms with Crippen LogP contribution < -0.4 is 5.32 Å². The molecule has 0 fully saturated rings. The Bertz CT molecular complexity index is 1080. The number of nitrogens with zero attached hydrogens (tertiary/aromatic N) is 3. The summed E-state index contributed by atoms with van der Waals surface area (Å²) in [5.74, 6) is -0.454. The zero-order valence-electron chi connectivity index (χ0n) is 17.9. The van der Waals surface area contributed by atoms with Crippen molar-refractivity contribution in [3.05, 3.63) is 74.9 Å². The van der Waals surface area contributed by atoms with Crippen molar-refractivity contribution in [2.75, 3.05) is 13.2 Å². The Balaban J connectivity index is 1.50. The van der Waals surface area contributed by atoms with Crippen LogP contribution >= 0.6 is 23.1 Å². The Morgan fingerprint density at radius 3 is 2.84 bits per heavy atom. The van der Waals surface area contributed by atoms with Gasteiger partial charge in [0, 0.05) is 35.4 Å². The lowest BCUT2D eigenvalue weighted by atomic mass is 9.99. The summed E-state index contributed by atoms with van der Waals surface area (Å²) in [7, 11) is 0. The molecule has 0 aromatic carbocycles. The second-order valence-corrected chi connectivity index (χ2v) is 9.04. The maximum Gasteiger partial charge on any atom is 0.338 e. The Hall–Kier alpha value is -2.91. The van der Waals surface area contributed by atoms with E-state index in [1.807, 2.05) is 52.9 Å². The first-order valence-electron chi connectivity index (χ1n) is 10.4. The Labute approximate surface area is 195 Å². The predicted octanol–water partition coefficient (Wildman–Crippen LogP) is 4.03. The van der Waals surface area contributed by atoms with Gasteiger partial charge in [-0.05, 0) is 42.8 Å². The van der Waals surface area contributed by atoms with Crippen LogP contribution in [0.15, 0.2) is 69.3 Å². The van der Waals surface area contributed by atoms with E-state index in [0.717, 1.165) is 21.4 Å². The van der Waals surface area contributed by atoms with Gasteiger partial charge in [0.15, 0.2) is 5.17 Å². The molecule has 0 spiro atoms. The van der Waals surface area contributed by atoms with E-state index in [-0.39, 0.29) is 24.3 Å². The van der Waals surface area contributed by atoms with Crippen molar-refractivity contribution >= 4 is 40.1 Å². The molecule has 2 aliphatic rings. The minimum absolute atomic E-state index is 0.0806. The maximum atomic E-state index is 12.8. The van der Waals surface area contributed by atoms with Gasteiger partial charge in [-0.3, -0.25) is 9.78 Å². The van der Waals surface area contributed by atoms with Crippen molar-refractivity contribution in [1.29, 1.82) is 0 Å². The van der Waals surface area contributed by atoms with Crippen LogP contribution in [0.25, 0.3) is 0 Å². The number of carbonyl (C=O) groups excluding carboxylic acids is 2. The number of amidine groups is 1. The molecule has 0 saturated heterocycles. The number of pyridine rings is 1. The second kappa shape index (κ2) is 10.1. The number of aliphatic imine (C=N–C) groups is 1. The SMILES string of the molecule is CCOC(=O)C1=C(C)N=C2SC=C(CC(=O)NCCc3ccccn3)N2[C@H]1c1cccs1. The number of hydrogen-bond acceptors (Lipinski definition) is 8. The van der Waals surface area contributed by atoms with E-state index in [4.69, 9.17) is 4.74 Å². The lowest BCUT2D eigenvalue weighted by molar-refractivity contribution is -0.139. The molecule has 1 amide bonds. The highest BCUT2D eigenvalue weighted by molar-refractivity contribution is 8.16. The van der Waals surface area contributed by atoms with E-state index in [1.54, 1.807) is 24.5 Å². The van der Waals surface area contributed by atoms with Gasteiger partial charge in [0.2, 0.25) is 5.91 Å². The molecule has 2 aromatic heterocycles. The van der Waals surface area contributed by atoms with Crippen molar-refractivity contribution in [1.82, 2.24) is 15.2 Å². The molecule has 0 aliphatic carbocycles. The van der Waals surface area contributed by atoms with Gasteiger partial charge in [-0.2, -0.15) is 0 Å². The molecule has 0 saturated carbocycles. The zero-order chi connectivity index (χ0) is 22.5. The number of aromatic nitrogens is 1. The van der Waals surface area contributed by atoms with Crippen molar-refractivity contribution in [3.8, 4) is 0 Å². The first kappa shape index (κ1) is 22.3. The van der Waals surface area contributed by atoms with Crippen molar-refractivity contribution < 1.29 is 14.3 Å². The Morgan fingerprint density at radius 1 is 1.25 bits per heavy atom. The molecule has 1 N–H and O–H groups in total. The van der Waals surface area contributed by atoms with Crippen molar-refractivity contribution in [2.45, 2.75) is 32.7 Å². The number of allylic oxidation sites excluding steroid dienone is 1. The van der Waals surface area contributed by atoms with Gasteiger partial charge in [0.25, 0.3) is 0 Å². The van der Waals surface area contributed by atoms with Gasteiger partial charge in [-0.25, -0.2) is 9.79 Å². The van der Waals surface area contributed by atoms with Crippen LogP contribution in [-0.2, 0) is 20.7 Å². The van der Waals surface area contributed by atoms with E-state index in [1.165, 1.54) is 11.8 Å². The van der Waals surface area contributed by atoms with Crippen molar-refractivity contribution in [2.24, 2.45) is 4.99 Å². The van der Waals surface area contributed by atoms with Gasteiger partial charge < -0.3 is 15.0 Å². The number of ether oxygens (including phenoxy) is 1. The average molecular weight is 469 g/mol. The molecule has 2 aromatic rings. The fourth-order valence-electron chi connectivity index (χ4n) is 3.66. The van der Waals surface area contributed by atoms with Crippen LogP contribution in [-0.4, -0.2) is 40.1 Å². The molecule has 32 heavy (non-hydrogen) atoms. The van der Waals surface area contributed by atoms with Gasteiger partial charge in [-0.15, -0.1) is 11.3 Å². The molecule has 1 atom stereocenters. The standard InChI is InChI=1S/C23H24N4O3S2/c1-3-30-22(29)20-15(2)26-23-27(21(20)18-8-6-12-31-18)17(14-32-23)13-19(28)25-11-9-16-7-4-5-10-24-16/h4-8,10,12,14,21H,3,9,11,13H2,1-2H3,(H,25,28)/t21-/m0/s1. The number of nitrogens with one attached hydrogen (secondary N) is 1. The summed E-state index contributed by atoms with van der Waals surface area (Å²) in [6.45, 7) is 4.43. The van der Waals surface area contributed by atoms with E-state index in [2.05, 4.69) is 15.3 Å². The fourth-order valence-corrected chi connectivity index (χ4v) is 5.45. The topological polar surface area (TPSA) is 83.9 Å². The van der Waals surface area contributed by atoms with Crippen LogP contribution in [0, 0.1) is 0 Å². The summed E-state index contributed by atoms with van der Waals surface area (Å²) in [4.78, 5) is 37.4. The summed E-state index contributed by atoms with van der Waals surface area (Å²) in [5, 5.41) is 7.66. The monoisotopic (exact) mass is 468 g/mol. The molecule has 0 unspecified atom stereocenters. The van der Waals surface area contributed by atoms with Crippen LogP contribution in [0.1, 0.15) is 36.9 Å². The van der Waals surface area contributed by atoms with E-state index < -0.39 is 0 Å². The molecular formula is C23H24N4O3S2. The third-order valence-corrected chi connectivity index (χ3v) is 6.89. The lowest BCUT2D eigenvalue weighted by Gasteiger charge is -2.35. The first-order valence-corrected chi connectivity index (χ1v) is 12.2. The molecule has 9 heteroatoms. The van der Waals surface area contributed by atoms with E-state index in [9.17, 15) is 9.59 Å². The largest absolute Gasteiger partial charge is 0.463 e. The predicted molar refractivity (Wildman–Crippen MR) is 127 cm³/mol. The zero-order valence-corrected chi connectivity index (χ0v) is 19.5. The van der Waals surface area contributed by atoms with E-state index in [0.29, 0.717) is 30.8 Å². The summed E-state index contributed by atoms with van der Waals surface area (Å²) in [6.07, 6.45) is 2.62. The summed E-state index contributed by atoms with van der Waals surface area (Å²) in [5.41, 5.74) is 2.92. The minimum atomic E-state index is -0.373. The second-order valence-electron chi connectivity index (χ2n) is 7.23. The molecule has 0 radical (unpaired) electrons. The van der Waals surface area contributed by atoms with Crippen LogP contribution in [0.2, 0.25) is 0 Å². The number of hydrogen-bond donors (Lipinski definition) is 1. The first-order chi connectivity index (χ1) is 15.6. The summed E-state index contributed by atoms with van der Waals surface area (Å²) in [6, 6.07) is 9.34. The third-order valence-electron chi connectivity index (χ3n) is 5.08. The molecule has 7 nitrogen and oxygen atoms in total. The molecule has 0 bridgehead atoms. The average Bonchev–Trinajstić information content (AvgIpc) is 3.44. The highest BCUT2D eigenvalue weighted by Crippen LogP contribution is 2.45. The number of thiophene rings is 1. The molecular weight excluding hydrogens is 444 g/mol. The minimum Gasteiger partial charge on any atom is -0.463 e.